The van der Waals surface area contributed by atoms with E-state index in [1.54, 1.807) is 0 Å². The molecule has 0 bridgehead atoms. The first-order valence-corrected chi connectivity index (χ1v) is 7.43. The number of carboxylic acid groups (broad SMARTS) is 1. The number of aliphatic carboxylic acids is 1. The lowest BCUT2D eigenvalue weighted by Crippen LogP contribution is -2.53. The van der Waals surface area contributed by atoms with Gasteiger partial charge in [0.25, 0.3) is 0 Å². The minimum Gasteiger partial charge on any atom is -0.480 e. The maximum atomic E-state index is 12.3. The van der Waals surface area contributed by atoms with Crippen molar-refractivity contribution in [1.82, 2.24) is 9.80 Å². The highest BCUT2D eigenvalue weighted by atomic mass is 16.6. The largest absolute Gasteiger partial charge is 0.480 e. The summed E-state index contributed by atoms with van der Waals surface area (Å²) in [4.78, 5) is 37.7. The van der Waals surface area contributed by atoms with Gasteiger partial charge in [0.05, 0.1) is 0 Å². The molecule has 7 nitrogen and oxygen atoms in total. The van der Waals surface area contributed by atoms with Crippen LogP contribution in [0, 0.1) is 0 Å². The van der Waals surface area contributed by atoms with Crippen molar-refractivity contribution >= 4 is 18.0 Å². The molecule has 1 aliphatic rings. The van der Waals surface area contributed by atoms with Crippen molar-refractivity contribution < 1.29 is 24.2 Å². The van der Waals surface area contributed by atoms with Crippen LogP contribution in [0.1, 0.15) is 18.4 Å². The first-order valence-electron chi connectivity index (χ1n) is 7.43. The molecule has 1 heterocycles. The number of rotatable bonds is 5. The Morgan fingerprint density at radius 1 is 1.35 bits per heavy atom. The van der Waals surface area contributed by atoms with Gasteiger partial charge in [-0.1, -0.05) is 30.3 Å². The third kappa shape index (κ3) is 4.45. The van der Waals surface area contributed by atoms with Gasteiger partial charge in [-0.15, -0.1) is 0 Å². The van der Waals surface area contributed by atoms with E-state index in [0.717, 1.165) is 5.56 Å². The molecule has 2 rings (SSSR count). The van der Waals surface area contributed by atoms with E-state index in [0.29, 0.717) is 19.4 Å². The molecule has 1 aromatic rings. The fourth-order valence-electron chi connectivity index (χ4n) is 2.55. The predicted octanol–water partition coefficient (Wildman–Crippen LogP) is 1.33. The first kappa shape index (κ1) is 16.8. The van der Waals surface area contributed by atoms with Crippen LogP contribution in [0.2, 0.25) is 0 Å². The van der Waals surface area contributed by atoms with Crippen LogP contribution >= 0.6 is 0 Å². The summed E-state index contributed by atoms with van der Waals surface area (Å²) in [7, 11) is 1.50. The van der Waals surface area contributed by atoms with Crippen LogP contribution < -0.4 is 0 Å². The number of ether oxygens (including phenoxy) is 1. The van der Waals surface area contributed by atoms with Gasteiger partial charge in [0.2, 0.25) is 5.91 Å². The summed E-state index contributed by atoms with van der Waals surface area (Å²) in [5.41, 5.74) is 0.858. The molecule has 23 heavy (non-hydrogen) atoms. The SMILES string of the molecule is CN(C(=O)OCc1ccccc1)[C@@H]1CCCN(CC(=O)O)C1=O. The fourth-order valence-corrected chi connectivity index (χ4v) is 2.55. The van der Waals surface area contributed by atoms with Gasteiger partial charge in [0, 0.05) is 13.6 Å². The Balaban J connectivity index is 1.92. The van der Waals surface area contributed by atoms with Crippen LogP contribution in [0.25, 0.3) is 0 Å². The minimum atomic E-state index is -1.06. The monoisotopic (exact) mass is 320 g/mol. The second kappa shape index (κ2) is 7.62. The van der Waals surface area contributed by atoms with Crippen LogP contribution in [0.15, 0.2) is 30.3 Å². The average Bonchev–Trinajstić information content (AvgIpc) is 2.54. The lowest BCUT2D eigenvalue weighted by atomic mass is 10.0. The summed E-state index contributed by atoms with van der Waals surface area (Å²) in [6.45, 7) is 0.181. The fraction of sp³-hybridized carbons (Fsp3) is 0.438. The maximum Gasteiger partial charge on any atom is 0.410 e. The molecule has 0 spiro atoms. The summed E-state index contributed by atoms with van der Waals surface area (Å²) < 4.78 is 5.21. The van der Waals surface area contributed by atoms with Crippen LogP contribution in [0.4, 0.5) is 4.79 Å². The number of carboxylic acids is 1. The average molecular weight is 320 g/mol. The smallest absolute Gasteiger partial charge is 0.410 e. The molecule has 1 aromatic carbocycles. The van der Waals surface area contributed by atoms with Gasteiger partial charge < -0.3 is 14.7 Å². The number of hydrogen-bond donors (Lipinski definition) is 1. The summed E-state index contributed by atoms with van der Waals surface area (Å²) in [5, 5.41) is 8.83. The second-order valence-corrected chi connectivity index (χ2v) is 5.46. The molecular formula is C16H20N2O5. The number of piperidine rings is 1. The highest BCUT2D eigenvalue weighted by molar-refractivity contribution is 5.88. The zero-order valence-electron chi connectivity index (χ0n) is 13.0. The molecule has 2 amide bonds. The van der Waals surface area contributed by atoms with Gasteiger partial charge >= 0.3 is 12.1 Å². The normalized spacial score (nSPS) is 17.7. The van der Waals surface area contributed by atoms with Crippen LogP contribution in [0.5, 0.6) is 0 Å². The molecule has 0 saturated carbocycles. The molecule has 0 aromatic heterocycles. The molecular weight excluding hydrogens is 300 g/mol. The summed E-state index contributed by atoms with van der Waals surface area (Å²) in [5.74, 6) is -1.41. The molecule has 0 aliphatic carbocycles. The Kier molecular flexibility index (Phi) is 5.56. The summed E-state index contributed by atoms with van der Waals surface area (Å²) in [6.07, 6.45) is 0.565. The van der Waals surface area contributed by atoms with Crippen molar-refractivity contribution in [2.75, 3.05) is 20.1 Å². The lowest BCUT2D eigenvalue weighted by Gasteiger charge is -2.35. The van der Waals surface area contributed by atoms with Crippen molar-refractivity contribution in [1.29, 1.82) is 0 Å². The topological polar surface area (TPSA) is 87.2 Å². The van der Waals surface area contributed by atoms with Gasteiger partial charge in [0.1, 0.15) is 19.2 Å². The van der Waals surface area contributed by atoms with E-state index in [2.05, 4.69) is 0 Å². The van der Waals surface area contributed by atoms with Gasteiger partial charge in [-0.2, -0.15) is 0 Å². The van der Waals surface area contributed by atoms with E-state index in [1.807, 2.05) is 30.3 Å². The Morgan fingerprint density at radius 3 is 2.70 bits per heavy atom. The van der Waals surface area contributed by atoms with Crippen molar-refractivity contribution in [3.8, 4) is 0 Å². The molecule has 0 unspecified atom stereocenters. The van der Waals surface area contributed by atoms with Gasteiger partial charge in [-0.25, -0.2) is 4.79 Å². The van der Waals surface area contributed by atoms with Crippen LogP contribution in [-0.2, 0) is 20.9 Å². The number of likely N-dealkylation sites (N-methyl/N-ethyl adjacent to an activating group) is 1. The van der Waals surface area contributed by atoms with E-state index in [9.17, 15) is 14.4 Å². The summed E-state index contributed by atoms with van der Waals surface area (Å²) >= 11 is 0. The van der Waals surface area contributed by atoms with Crippen LogP contribution in [0.3, 0.4) is 0 Å². The Bertz CT molecular complexity index is 575. The molecule has 1 N–H and O–H groups in total. The minimum absolute atomic E-state index is 0.129. The van der Waals surface area contributed by atoms with Gasteiger partial charge in [-0.05, 0) is 18.4 Å². The Labute approximate surface area is 134 Å². The molecule has 0 radical (unpaired) electrons. The number of likely N-dealkylation sites (tertiary alicyclic amines) is 1. The number of carbonyl (C=O) groups excluding carboxylic acids is 2. The van der Waals surface area contributed by atoms with Crippen molar-refractivity contribution in [2.45, 2.75) is 25.5 Å². The second-order valence-electron chi connectivity index (χ2n) is 5.46. The van der Waals surface area contributed by atoms with Gasteiger partial charge in [-0.3, -0.25) is 14.5 Å². The maximum absolute atomic E-state index is 12.3. The van der Waals surface area contributed by atoms with Crippen LogP contribution in [-0.4, -0.2) is 59.1 Å². The van der Waals surface area contributed by atoms with E-state index >= 15 is 0 Å². The van der Waals surface area contributed by atoms with Gasteiger partial charge in [0.15, 0.2) is 0 Å². The van der Waals surface area contributed by atoms with E-state index in [4.69, 9.17) is 9.84 Å². The number of nitrogens with zero attached hydrogens (tertiary/aromatic N) is 2. The highest BCUT2D eigenvalue weighted by Crippen LogP contribution is 2.17. The quantitative estimate of drug-likeness (QED) is 0.884. The molecule has 7 heteroatoms. The predicted molar refractivity (Wildman–Crippen MR) is 81.6 cm³/mol. The lowest BCUT2D eigenvalue weighted by molar-refractivity contribution is -0.148. The van der Waals surface area contributed by atoms with E-state index in [1.165, 1.54) is 16.8 Å². The molecule has 1 aliphatic heterocycles. The number of carbonyl (C=O) groups is 3. The first-order chi connectivity index (χ1) is 11.0. The molecule has 1 saturated heterocycles. The molecule has 1 atom stereocenters. The molecule has 124 valence electrons. The van der Waals surface area contributed by atoms with Crippen molar-refractivity contribution in [3.63, 3.8) is 0 Å². The Hall–Kier alpha value is -2.57. The van der Waals surface area contributed by atoms with Crippen molar-refractivity contribution in [2.24, 2.45) is 0 Å². The Morgan fingerprint density at radius 2 is 2.04 bits per heavy atom. The summed E-state index contributed by atoms with van der Waals surface area (Å²) in [6, 6.07) is 8.57. The zero-order chi connectivity index (χ0) is 16.8. The number of hydrogen-bond acceptors (Lipinski definition) is 4. The van der Waals surface area contributed by atoms with E-state index < -0.39 is 18.1 Å². The third-order valence-corrected chi connectivity index (χ3v) is 3.79. The standard InChI is InChI=1S/C16H20N2O5/c1-17(16(22)23-11-12-6-3-2-4-7-12)13-8-5-9-18(15(13)21)10-14(19)20/h2-4,6-7,13H,5,8-11H2,1H3,(H,19,20)/t13-/m1/s1. The molecule has 1 fully saturated rings. The third-order valence-electron chi connectivity index (χ3n) is 3.79. The number of benzene rings is 1. The van der Waals surface area contributed by atoms with Crippen molar-refractivity contribution in [3.05, 3.63) is 35.9 Å². The highest BCUT2D eigenvalue weighted by Gasteiger charge is 2.35. The van der Waals surface area contributed by atoms with E-state index in [-0.39, 0.29) is 19.1 Å². The number of amides is 2. The zero-order valence-corrected chi connectivity index (χ0v) is 13.0.